The maximum absolute atomic E-state index is 12.7. The monoisotopic (exact) mass is 354 g/mol. The van der Waals surface area contributed by atoms with Crippen LogP contribution in [-0.2, 0) is 4.74 Å². The minimum Gasteiger partial charge on any atom is -0.472 e. The highest BCUT2D eigenvalue weighted by Crippen LogP contribution is 2.17. The van der Waals surface area contributed by atoms with Gasteiger partial charge in [-0.2, -0.15) is 0 Å². The molecule has 7 heteroatoms. The van der Waals surface area contributed by atoms with E-state index in [-0.39, 0.29) is 12.0 Å². The van der Waals surface area contributed by atoms with Crippen LogP contribution >= 0.6 is 0 Å². The Balaban J connectivity index is 1.33. The number of nitrogens with zero attached hydrogens (tertiary/aromatic N) is 4. The Morgan fingerprint density at radius 2 is 2.00 bits per heavy atom. The van der Waals surface area contributed by atoms with Crippen LogP contribution in [0.5, 0.6) is 5.88 Å². The van der Waals surface area contributed by atoms with Crippen molar-refractivity contribution >= 4 is 11.7 Å². The minimum absolute atomic E-state index is 0.00826. The number of amides is 1. The summed E-state index contributed by atoms with van der Waals surface area (Å²) in [4.78, 5) is 25.4. The minimum atomic E-state index is 0.00826. The second-order valence-corrected chi connectivity index (χ2v) is 6.46. The van der Waals surface area contributed by atoms with Crippen LogP contribution in [0.25, 0.3) is 0 Å². The standard InChI is InChI=1S/C19H22N4O3/c24-19(15-4-5-18(21-13-15)26-16-6-12-25-14-16)23-10-8-22(9-11-23)17-3-1-2-7-20-17/h1-5,7,13,16H,6,8-12,14H2/t16-/m1/s1. The Kier molecular flexibility index (Phi) is 4.97. The van der Waals surface area contributed by atoms with Crippen molar-refractivity contribution in [3.8, 4) is 5.88 Å². The van der Waals surface area contributed by atoms with Crippen molar-refractivity contribution in [2.24, 2.45) is 0 Å². The predicted molar refractivity (Wildman–Crippen MR) is 96.4 cm³/mol. The molecule has 136 valence electrons. The van der Waals surface area contributed by atoms with Crippen LogP contribution in [0.2, 0.25) is 0 Å². The van der Waals surface area contributed by atoms with Gasteiger partial charge in [-0.3, -0.25) is 4.79 Å². The lowest BCUT2D eigenvalue weighted by Crippen LogP contribution is -2.49. The van der Waals surface area contributed by atoms with E-state index in [2.05, 4.69) is 14.9 Å². The van der Waals surface area contributed by atoms with Crippen LogP contribution in [0.15, 0.2) is 42.7 Å². The zero-order valence-electron chi connectivity index (χ0n) is 14.6. The summed E-state index contributed by atoms with van der Waals surface area (Å²) < 4.78 is 11.0. The lowest BCUT2D eigenvalue weighted by Gasteiger charge is -2.35. The van der Waals surface area contributed by atoms with Gasteiger partial charge in [-0.05, 0) is 18.2 Å². The van der Waals surface area contributed by atoms with E-state index < -0.39 is 0 Å². The number of rotatable bonds is 4. The third kappa shape index (κ3) is 3.77. The third-order valence-corrected chi connectivity index (χ3v) is 4.70. The predicted octanol–water partition coefficient (Wildman–Crippen LogP) is 1.61. The fourth-order valence-corrected chi connectivity index (χ4v) is 3.22. The average Bonchev–Trinajstić information content (AvgIpc) is 3.22. The molecule has 2 aromatic rings. The molecule has 2 aliphatic heterocycles. The van der Waals surface area contributed by atoms with Crippen LogP contribution < -0.4 is 9.64 Å². The van der Waals surface area contributed by atoms with Gasteiger partial charge in [-0.15, -0.1) is 0 Å². The van der Waals surface area contributed by atoms with Crippen molar-refractivity contribution in [1.82, 2.24) is 14.9 Å². The fourth-order valence-electron chi connectivity index (χ4n) is 3.22. The first-order valence-electron chi connectivity index (χ1n) is 8.95. The molecule has 0 N–H and O–H groups in total. The number of anilines is 1. The van der Waals surface area contributed by atoms with Gasteiger partial charge >= 0.3 is 0 Å². The molecule has 0 bridgehead atoms. The molecule has 0 radical (unpaired) electrons. The van der Waals surface area contributed by atoms with Gasteiger partial charge in [-0.1, -0.05) is 6.07 Å². The third-order valence-electron chi connectivity index (χ3n) is 4.70. The van der Waals surface area contributed by atoms with E-state index in [1.165, 1.54) is 0 Å². The van der Waals surface area contributed by atoms with Gasteiger partial charge in [-0.25, -0.2) is 9.97 Å². The van der Waals surface area contributed by atoms with E-state index in [1.807, 2.05) is 23.1 Å². The SMILES string of the molecule is O=C(c1ccc(O[C@@H]2CCOC2)nc1)N1CCN(c2ccccn2)CC1. The summed E-state index contributed by atoms with van der Waals surface area (Å²) in [7, 11) is 0. The second kappa shape index (κ2) is 7.70. The highest BCUT2D eigenvalue weighted by atomic mass is 16.5. The largest absolute Gasteiger partial charge is 0.472 e. The Hall–Kier alpha value is -2.67. The zero-order valence-corrected chi connectivity index (χ0v) is 14.6. The first kappa shape index (κ1) is 16.8. The van der Waals surface area contributed by atoms with Gasteiger partial charge in [0.1, 0.15) is 11.9 Å². The van der Waals surface area contributed by atoms with Crippen LogP contribution in [0.4, 0.5) is 5.82 Å². The Bertz CT molecular complexity index is 724. The molecule has 26 heavy (non-hydrogen) atoms. The molecule has 2 saturated heterocycles. The van der Waals surface area contributed by atoms with E-state index >= 15 is 0 Å². The molecule has 1 atom stereocenters. The number of hydrogen-bond donors (Lipinski definition) is 0. The molecule has 2 aliphatic rings. The topological polar surface area (TPSA) is 67.8 Å². The summed E-state index contributed by atoms with van der Waals surface area (Å²) in [6.07, 6.45) is 4.32. The Morgan fingerprint density at radius 3 is 2.65 bits per heavy atom. The lowest BCUT2D eigenvalue weighted by atomic mass is 10.2. The van der Waals surface area contributed by atoms with Gasteiger partial charge in [0.25, 0.3) is 5.91 Å². The summed E-state index contributed by atoms with van der Waals surface area (Å²) >= 11 is 0. The van der Waals surface area contributed by atoms with Crippen molar-refractivity contribution in [2.45, 2.75) is 12.5 Å². The number of ether oxygens (including phenoxy) is 2. The summed E-state index contributed by atoms with van der Waals surface area (Å²) in [6.45, 7) is 4.23. The fraction of sp³-hybridized carbons (Fsp3) is 0.421. The number of carbonyl (C=O) groups is 1. The van der Waals surface area contributed by atoms with Gasteiger partial charge in [0, 0.05) is 51.1 Å². The summed E-state index contributed by atoms with van der Waals surface area (Å²) in [6, 6.07) is 9.42. The average molecular weight is 354 g/mol. The number of pyridine rings is 2. The summed E-state index contributed by atoms with van der Waals surface area (Å²) in [5, 5.41) is 0. The summed E-state index contributed by atoms with van der Waals surface area (Å²) in [5.41, 5.74) is 0.589. The van der Waals surface area contributed by atoms with E-state index in [0.29, 0.717) is 31.1 Å². The van der Waals surface area contributed by atoms with Crippen molar-refractivity contribution < 1.29 is 14.3 Å². The van der Waals surface area contributed by atoms with E-state index in [9.17, 15) is 4.79 Å². The highest BCUT2D eigenvalue weighted by Gasteiger charge is 2.23. The Labute approximate surface area is 152 Å². The summed E-state index contributed by atoms with van der Waals surface area (Å²) in [5.74, 6) is 1.50. The van der Waals surface area contributed by atoms with Gasteiger partial charge in [0.05, 0.1) is 18.8 Å². The molecule has 4 heterocycles. The number of hydrogen-bond acceptors (Lipinski definition) is 6. The molecular formula is C19H22N4O3. The molecular weight excluding hydrogens is 332 g/mol. The molecule has 2 fully saturated rings. The van der Waals surface area contributed by atoms with Crippen molar-refractivity contribution in [3.05, 3.63) is 48.3 Å². The van der Waals surface area contributed by atoms with Crippen molar-refractivity contribution in [3.63, 3.8) is 0 Å². The number of piperazine rings is 1. The van der Waals surface area contributed by atoms with Crippen molar-refractivity contribution in [1.29, 1.82) is 0 Å². The normalized spacial score (nSPS) is 20.2. The zero-order chi connectivity index (χ0) is 17.8. The van der Waals surface area contributed by atoms with Gasteiger partial charge < -0.3 is 19.3 Å². The van der Waals surface area contributed by atoms with Crippen LogP contribution in [0.3, 0.4) is 0 Å². The second-order valence-electron chi connectivity index (χ2n) is 6.46. The van der Waals surface area contributed by atoms with E-state index in [1.54, 1.807) is 24.5 Å². The number of carbonyl (C=O) groups excluding carboxylic acids is 1. The first-order chi connectivity index (χ1) is 12.8. The van der Waals surface area contributed by atoms with Crippen LogP contribution in [0.1, 0.15) is 16.8 Å². The molecule has 0 aromatic carbocycles. The molecule has 0 unspecified atom stereocenters. The molecule has 0 aliphatic carbocycles. The maximum atomic E-state index is 12.7. The molecule has 4 rings (SSSR count). The quantitative estimate of drug-likeness (QED) is 0.831. The highest BCUT2D eigenvalue weighted by molar-refractivity contribution is 5.94. The smallest absolute Gasteiger partial charge is 0.255 e. The van der Waals surface area contributed by atoms with Crippen molar-refractivity contribution in [2.75, 3.05) is 44.3 Å². The molecule has 7 nitrogen and oxygen atoms in total. The first-order valence-corrected chi connectivity index (χ1v) is 8.95. The lowest BCUT2D eigenvalue weighted by molar-refractivity contribution is 0.0746. The van der Waals surface area contributed by atoms with Gasteiger partial charge in [0.15, 0.2) is 0 Å². The molecule has 0 spiro atoms. The van der Waals surface area contributed by atoms with Gasteiger partial charge in [0.2, 0.25) is 5.88 Å². The van der Waals surface area contributed by atoms with Crippen LogP contribution in [-0.4, -0.2) is 66.3 Å². The maximum Gasteiger partial charge on any atom is 0.255 e. The number of aromatic nitrogens is 2. The van der Waals surface area contributed by atoms with E-state index in [4.69, 9.17) is 9.47 Å². The molecule has 1 amide bonds. The van der Waals surface area contributed by atoms with E-state index in [0.717, 1.165) is 31.9 Å². The Morgan fingerprint density at radius 1 is 1.12 bits per heavy atom. The van der Waals surface area contributed by atoms with Crippen LogP contribution in [0, 0.1) is 0 Å². The molecule has 2 aromatic heterocycles. The molecule has 0 saturated carbocycles.